The van der Waals surface area contributed by atoms with Crippen LogP contribution in [0.1, 0.15) is 17.0 Å². The minimum absolute atomic E-state index is 0.184. The molecule has 0 aliphatic carbocycles. The van der Waals surface area contributed by atoms with Crippen molar-refractivity contribution in [1.82, 2.24) is 9.66 Å². The van der Waals surface area contributed by atoms with E-state index in [1.54, 1.807) is 19.2 Å². The molecule has 1 aromatic heterocycles. The maximum Gasteiger partial charge on any atom is 0.282 e. The molecule has 1 heterocycles. The number of nitrogens with zero attached hydrogens (tertiary/aromatic N) is 3. The summed E-state index contributed by atoms with van der Waals surface area (Å²) >= 11 is 0. The number of fused-ring (bicyclic) bond motifs is 1. The van der Waals surface area contributed by atoms with E-state index in [9.17, 15) is 4.79 Å². The third kappa shape index (κ3) is 3.83. The molecule has 0 saturated heterocycles. The Hall–Kier alpha value is -3.73. The molecule has 0 aliphatic rings. The van der Waals surface area contributed by atoms with E-state index in [4.69, 9.17) is 4.74 Å². The van der Waals surface area contributed by atoms with Crippen LogP contribution in [-0.2, 0) is 6.61 Å². The minimum atomic E-state index is -0.184. The van der Waals surface area contributed by atoms with E-state index in [-0.39, 0.29) is 5.56 Å². The van der Waals surface area contributed by atoms with Crippen LogP contribution in [0.25, 0.3) is 10.9 Å². The number of ether oxygens (including phenoxy) is 1. The molecule has 138 valence electrons. The van der Waals surface area contributed by atoms with Crippen LogP contribution < -0.4 is 10.3 Å². The summed E-state index contributed by atoms with van der Waals surface area (Å²) in [4.78, 5) is 17.1. The number of rotatable bonds is 5. The largest absolute Gasteiger partial charge is 0.489 e. The van der Waals surface area contributed by atoms with Gasteiger partial charge in [0.25, 0.3) is 5.56 Å². The summed E-state index contributed by atoms with van der Waals surface area (Å²) in [5.74, 6) is 1.28. The molecule has 3 aromatic carbocycles. The number of hydrogen-bond acceptors (Lipinski definition) is 4. The molecule has 0 aliphatic heterocycles. The molecule has 0 saturated carbocycles. The summed E-state index contributed by atoms with van der Waals surface area (Å²) in [6.07, 6.45) is 1.64. The van der Waals surface area contributed by atoms with Gasteiger partial charge in [0.05, 0.1) is 17.1 Å². The predicted molar refractivity (Wildman–Crippen MR) is 111 cm³/mol. The summed E-state index contributed by atoms with van der Waals surface area (Å²) in [6.45, 7) is 2.26. The lowest BCUT2D eigenvalue weighted by Gasteiger charge is -2.07. The van der Waals surface area contributed by atoms with Gasteiger partial charge in [-0.05, 0) is 42.3 Å². The minimum Gasteiger partial charge on any atom is -0.489 e. The van der Waals surface area contributed by atoms with Crippen molar-refractivity contribution in [1.29, 1.82) is 0 Å². The number of para-hydroxylation sites is 1. The van der Waals surface area contributed by atoms with E-state index in [1.165, 1.54) is 4.68 Å². The fraction of sp³-hybridized carbons (Fsp3) is 0.0870. The number of hydrogen-bond donors (Lipinski definition) is 0. The maximum absolute atomic E-state index is 12.7. The smallest absolute Gasteiger partial charge is 0.282 e. The maximum atomic E-state index is 12.7. The average molecular weight is 369 g/mol. The van der Waals surface area contributed by atoms with Crippen LogP contribution >= 0.6 is 0 Å². The predicted octanol–water partition coefficient (Wildman–Crippen LogP) is 4.17. The number of benzene rings is 3. The van der Waals surface area contributed by atoms with Crippen molar-refractivity contribution in [3.63, 3.8) is 0 Å². The molecule has 0 N–H and O–H groups in total. The fourth-order valence-corrected chi connectivity index (χ4v) is 2.92. The van der Waals surface area contributed by atoms with Gasteiger partial charge in [-0.25, -0.2) is 4.98 Å². The van der Waals surface area contributed by atoms with Crippen molar-refractivity contribution in [3.05, 3.63) is 106 Å². The molecule has 5 nitrogen and oxygen atoms in total. The first-order valence-corrected chi connectivity index (χ1v) is 9.00. The second kappa shape index (κ2) is 7.88. The number of aryl methyl sites for hydroxylation is 1. The first-order chi connectivity index (χ1) is 13.7. The second-order valence-corrected chi connectivity index (χ2v) is 6.38. The Morgan fingerprint density at radius 3 is 2.64 bits per heavy atom. The van der Waals surface area contributed by atoms with Gasteiger partial charge in [0.1, 0.15) is 18.2 Å². The van der Waals surface area contributed by atoms with Crippen LogP contribution in [-0.4, -0.2) is 15.9 Å². The summed E-state index contributed by atoms with van der Waals surface area (Å²) in [5.41, 5.74) is 2.43. The average Bonchev–Trinajstić information content (AvgIpc) is 2.73. The third-order valence-corrected chi connectivity index (χ3v) is 4.34. The van der Waals surface area contributed by atoms with Gasteiger partial charge in [0.2, 0.25) is 0 Å². The summed E-state index contributed by atoms with van der Waals surface area (Å²) in [7, 11) is 0. The topological polar surface area (TPSA) is 56.5 Å². The highest BCUT2D eigenvalue weighted by molar-refractivity contribution is 5.81. The van der Waals surface area contributed by atoms with Gasteiger partial charge < -0.3 is 4.74 Å². The van der Waals surface area contributed by atoms with Gasteiger partial charge in [-0.1, -0.05) is 54.6 Å². The highest BCUT2D eigenvalue weighted by atomic mass is 16.5. The zero-order valence-corrected chi connectivity index (χ0v) is 15.4. The van der Waals surface area contributed by atoms with Crippen molar-refractivity contribution >= 4 is 17.1 Å². The molecule has 0 radical (unpaired) electrons. The van der Waals surface area contributed by atoms with E-state index in [1.807, 2.05) is 72.8 Å². The summed E-state index contributed by atoms with van der Waals surface area (Å²) in [5, 5.41) is 4.89. The van der Waals surface area contributed by atoms with Crippen LogP contribution in [0, 0.1) is 6.92 Å². The molecular formula is C23H19N3O2. The van der Waals surface area contributed by atoms with Crippen molar-refractivity contribution in [2.75, 3.05) is 0 Å². The Bertz CT molecular complexity index is 1200. The lowest BCUT2D eigenvalue weighted by Crippen LogP contribution is -2.20. The van der Waals surface area contributed by atoms with Crippen molar-refractivity contribution in [2.24, 2.45) is 5.10 Å². The molecule has 4 aromatic rings. The van der Waals surface area contributed by atoms with Crippen LogP contribution in [0.15, 0.2) is 88.8 Å². The van der Waals surface area contributed by atoms with E-state index in [0.29, 0.717) is 23.3 Å². The molecule has 0 atom stereocenters. The van der Waals surface area contributed by atoms with Crippen LogP contribution in [0.4, 0.5) is 0 Å². The SMILES string of the molecule is Cc1nc2ccccc2c(=O)n1N=Cc1cccc(OCc2ccccc2)c1. The van der Waals surface area contributed by atoms with E-state index in [0.717, 1.165) is 16.9 Å². The third-order valence-electron chi connectivity index (χ3n) is 4.34. The Kier molecular flexibility index (Phi) is 4.97. The highest BCUT2D eigenvalue weighted by Crippen LogP contribution is 2.14. The molecule has 0 unspecified atom stereocenters. The monoisotopic (exact) mass is 369 g/mol. The normalized spacial score (nSPS) is 11.2. The lowest BCUT2D eigenvalue weighted by atomic mass is 10.2. The van der Waals surface area contributed by atoms with Gasteiger partial charge in [-0.15, -0.1) is 0 Å². The molecule has 0 amide bonds. The summed E-state index contributed by atoms with van der Waals surface area (Å²) in [6, 6.07) is 24.9. The van der Waals surface area contributed by atoms with Gasteiger partial charge in [-0.2, -0.15) is 9.78 Å². The molecule has 28 heavy (non-hydrogen) atoms. The molecule has 0 spiro atoms. The van der Waals surface area contributed by atoms with Gasteiger partial charge in [0.15, 0.2) is 0 Å². The zero-order valence-electron chi connectivity index (χ0n) is 15.4. The Morgan fingerprint density at radius 1 is 1.00 bits per heavy atom. The molecule has 4 rings (SSSR count). The standard InChI is InChI=1S/C23H19N3O2/c1-17-25-22-13-6-5-12-21(22)23(27)26(17)24-15-19-10-7-11-20(14-19)28-16-18-8-3-2-4-9-18/h2-15H,16H2,1H3. The Balaban J connectivity index is 1.57. The van der Waals surface area contributed by atoms with Crippen LogP contribution in [0.5, 0.6) is 5.75 Å². The Morgan fingerprint density at radius 2 is 1.79 bits per heavy atom. The van der Waals surface area contributed by atoms with Gasteiger partial charge >= 0.3 is 0 Å². The van der Waals surface area contributed by atoms with Crippen LogP contribution in [0.3, 0.4) is 0 Å². The van der Waals surface area contributed by atoms with Gasteiger partial charge in [-0.3, -0.25) is 4.79 Å². The van der Waals surface area contributed by atoms with E-state index >= 15 is 0 Å². The molecular weight excluding hydrogens is 350 g/mol. The molecule has 5 heteroatoms. The van der Waals surface area contributed by atoms with Gasteiger partial charge in [0, 0.05) is 0 Å². The zero-order chi connectivity index (χ0) is 19.3. The quantitative estimate of drug-likeness (QED) is 0.496. The Labute approximate surface area is 162 Å². The highest BCUT2D eigenvalue weighted by Gasteiger charge is 2.06. The first-order valence-electron chi connectivity index (χ1n) is 9.00. The van der Waals surface area contributed by atoms with Crippen LogP contribution in [0.2, 0.25) is 0 Å². The van der Waals surface area contributed by atoms with Crippen molar-refractivity contribution in [2.45, 2.75) is 13.5 Å². The molecule has 0 bridgehead atoms. The second-order valence-electron chi connectivity index (χ2n) is 6.38. The van der Waals surface area contributed by atoms with Crippen molar-refractivity contribution in [3.8, 4) is 5.75 Å². The summed E-state index contributed by atoms with van der Waals surface area (Å²) < 4.78 is 7.17. The fourth-order valence-electron chi connectivity index (χ4n) is 2.92. The van der Waals surface area contributed by atoms with Crippen molar-refractivity contribution < 1.29 is 4.74 Å². The first kappa shape index (κ1) is 17.7. The van der Waals surface area contributed by atoms with E-state index < -0.39 is 0 Å². The molecule has 0 fully saturated rings. The van der Waals surface area contributed by atoms with E-state index in [2.05, 4.69) is 10.1 Å². The lowest BCUT2D eigenvalue weighted by molar-refractivity contribution is 0.306. The number of aromatic nitrogens is 2.